The van der Waals surface area contributed by atoms with Gasteiger partial charge in [0, 0.05) is 16.5 Å². The van der Waals surface area contributed by atoms with E-state index in [0.29, 0.717) is 0 Å². The number of benzene rings is 1. The van der Waals surface area contributed by atoms with Gasteiger partial charge >= 0.3 is 5.69 Å². The molecule has 102 valence electrons. The van der Waals surface area contributed by atoms with Crippen molar-refractivity contribution in [3.05, 3.63) is 56.2 Å². The molecule has 1 aromatic heterocycles. The Morgan fingerprint density at radius 1 is 1.00 bits per heavy atom. The van der Waals surface area contributed by atoms with Crippen LogP contribution in [0.4, 0.5) is 0 Å². The molecule has 20 heavy (non-hydrogen) atoms. The number of nitrogens with one attached hydrogen (secondary N) is 2. The van der Waals surface area contributed by atoms with Gasteiger partial charge in [0.05, 0.1) is 5.69 Å². The molecule has 2 aliphatic rings. The minimum absolute atomic E-state index is 0.0819. The van der Waals surface area contributed by atoms with E-state index in [-0.39, 0.29) is 11.0 Å². The molecule has 4 rings (SSSR count). The third-order valence-corrected chi connectivity index (χ3v) is 4.85. The average Bonchev–Trinajstić information content (AvgIpc) is 2.87. The monoisotopic (exact) mass is 268 g/mol. The number of fused-ring (bicyclic) bond motifs is 4. The quantitative estimate of drug-likeness (QED) is 0.768. The lowest BCUT2D eigenvalue weighted by molar-refractivity contribution is 0.426. The second-order valence-corrected chi connectivity index (χ2v) is 5.98. The molecule has 2 N–H and O–H groups in total. The van der Waals surface area contributed by atoms with Crippen LogP contribution in [0.25, 0.3) is 11.3 Å². The van der Waals surface area contributed by atoms with E-state index < -0.39 is 5.69 Å². The Morgan fingerprint density at radius 3 is 2.55 bits per heavy atom. The molecule has 2 aromatic rings. The van der Waals surface area contributed by atoms with Gasteiger partial charge in [-0.3, -0.25) is 9.78 Å². The number of aromatic amines is 2. The molecule has 0 unspecified atom stereocenters. The molecule has 1 saturated carbocycles. The second-order valence-electron chi connectivity index (χ2n) is 5.98. The predicted octanol–water partition coefficient (Wildman–Crippen LogP) is 2.10. The first-order valence-electron chi connectivity index (χ1n) is 7.15. The molecule has 1 spiro atoms. The van der Waals surface area contributed by atoms with Gasteiger partial charge < -0.3 is 4.98 Å². The molecule has 4 heteroatoms. The van der Waals surface area contributed by atoms with E-state index in [1.54, 1.807) is 0 Å². The summed E-state index contributed by atoms with van der Waals surface area (Å²) in [5, 5.41) is 0. The normalized spacial score (nSPS) is 18.8. The third kappa shape index (κ3) is 1.48. The van der Waals surface area contributed by atoms with Crippen LogP contribution in [0.5, 0.6) is 0 Å². The van der Waals surface area contributed by atoms with Crippen LogP contribution < -0.4 is 11.2 Å². The number of hydrogen-bond acceptors (Lipinski definition) is 2. The Labute approximate surface area is 115 Å². The highest BCUT2D eigenvalue weighted by Gasteiger charge is 2.43. The Balaban J connectivity index is 2.11. The fourth-order valence-electron chi connectivity index (χ4n) is 4.04. The Bertz CT molecular complexity index is 795. The first-order valence-corrected chi connectivity index (χ1v) is 7.15. The molecule has 0 radical (unpaired) electrons. The fourth-order valence-corrected chi connectivity index (χ4v) is 4.04. The van der Waals surface area contributed by atoms with Crippen LogP contribution in [0.1, 0.15) is 36.8 Å². The van der Waals surface area contributed by atoms with Gasteiger partial charge in [-0.05, 0) is 24.8 Å². The van der Waals surface area contributed by atoms with Crippen LogP contribution in [0.2, 0.25) is 0 Å². The van der Waals surface area contributed by atoms with Gasteiger partial charge in [0.1, 0.15) is 0 Å². The summed E-state index contributed by atoms with van der Waals surface area (Å²) < 4.78 is 0. The topological polar surface area (TPSA) is 65.7 Å². The van der Waals surface area contributed by atoms with Crippen LogP contribution in [0.15, 0.2) is 33.9 Å². The highest BCUT2D eigenvalue weighted by molar-refractivity contribution is 5.71. The molecule has 0 amide bonds. The van der Waals surface area contributed by atoms with Gasteiger partial charge in [0.15, 0.2) is 0 Å². The first kappa shape index (κ1) is 11.7. The fraction of sp³-hybridized carbons (Fsp3) is 0.375. The largest absolute Gasteiger partial charge is 0.326 e. The van der Waals surface area contributed by atoms with E-state index in [9.17, 15) is 9.59 Å². The molecule has 0 aliphatic heterocycles. The summed E-state index contributed by atoms with van der Waals surface area (Å²) in [6.45, 7) is 0. The third-order valence-electron chi connectivity index (χ3n) is 4.85. The first-order chi connectivity index (χ1) is 9.70. The average molecular weight is 268 g/mol. The lowest BCUT2D eigenvalue weighted by Crippen LogP contribution is -2.40. The van der Waals surface area contributed by atoms with E-state index in [1.807, 2.05) is 18.2 Å². The highest BCUT2D eigenvalue weighted by atomic mass is 16.2. The van der Waals surface area contributed by atoms with Crippen LogP contribution >= 0.6 is 0 Å². The molecular formula is C16H16N2O2. The van der Waals surface area contributed by atoms with Crippen molar-refractivity contribution < 1.29 is 0 Å². The SMILES string of the molecule is O=c1[nH]c2c(c(=O)[nH]1)C1(CCCC1)Cc1ccccc1-2. The lowest BCUT2D eigenvalue weighted by Gasteiger charge is -2.35. The van der Waals surface area contributed by atoms with Crippen molar-refractivity contribution in [3.63, 3.8) is 0 Å². The van der Waals surface area contributed by atoms with Crippen LogP contribution in [-0.4, -0.2) is 9.97 Å². The van der Waals surface area contributed by atoms with Crippen LogP contribution in [0, 0.1) is 0 Å². The molecule has 1 aromatic carbocycles. The standard InChI is InChI=1S/C16H16N2O2/c19-14-12-13(17-15(20)18-14)11-6-2-1-5-10(11)9-16(12)7-3-4-8-16/h1-2,5-6H,3-4,7-9H2,(H2,17,18,19,20). The minimum Gasteiger partial charge on any atom is -0.307 e. The van der Waals surface area contributed by atoms with Crippen molar-refractivity contribution in [2.75, 3.05) is 0 Å². The van der Waals surface area contributed by atoms with Gasteiger partial charge in [0.25, 0.3) is 5.56 Å². The zero-order valence-corrected chi connectivity index (χ0v) is 11.2. The van der Waals surface area contributed by atoms with Gasteiger partial charge in [-0.15, -0.1) is 0 Å². The van der Waals surface area contributed by atoms with Crippen molar-refractivity contribution in [1.82, 2.24) is 9.97 Å². The number of H-pyrrole nitrogens is 2. The summed E-state index contributed by atoms with van der Waals surface area (Å²) in [7, 11) is 0. The summed E-state index contributed by atoms with van der Waals surface area (Å²) >= 11 is 0. The number of rotatable bonds is 0. The molecule has 2 aliphatic carbocycles. The smallest absolute Gasteiger partial charge is 0.307 e. The molecule has 0 atom stereocenters. The Kier molecular flexibility index (Phi) is 2.31. The maximum atomic E-state index is 12.4. The summed E-state index contributed by atoms with van der Waals surface area (Å²) in [6.07, 6.45) is 5.28. The summed E-state index contributed by atoms with van der Waals surface area (Å²) in [5.74, 6) is 0. The summed E-state index contributed by atoms with van der Waals surface area (Å²) in [5.41, 5.74) is 3.07. The van der Waals surface area contributed by atoms with E-state index in [2.05, 4.69) is 16.0 Å². The summed E-state index contributed by atoms with van der Waals surface area (Å²) in [4.78, 5) is 29.3. The zero-order valence-electron chi connectivity index (χ0n) is 11.2. The maximum absolute atomic E-state index is 12.4. The predicted molar refractivity (Wildman–Crippen MR) is 77.0 cm³/mol. The second kappa shape index (κ2) is 3.95. The van der Waals surface area contributed by atoms with Gasteiger partial charge in [-0.25, -0.2) is 4.79 Å². The van der Waals surface area contributed by atoms with Crippen molar-refractivity contribution in [2.45, 2.75) is 37.5 Å². The number of aromatic nitrogens is 2. The molecule has 1 fully saturated rings. The zero-order chi connectivity index (χ0) is 13.7. The molecule has 4 nitrogen and oxygen atoms in total. The Morgan fingerprint density at radius 2 is 1.75 bits per heavy atom. The van der Waals surface area contributed by atoms with E-state index in [0.717, 1.165) is 48.9 Å². The molecule has 0 saturated heterocycles. The van der Waals surface area contributed by atoms with E-state index in [1.165, 1.54) is 5.56 Å². The van der Waals surface area contributed by atoms with Crippen LogP contribution in [0.3, 0.4) is 0 Å². The maximum Gasteiger partial charge on any atom is 0.326 e. The van der Waals surface area contributed by atoms with Crippen molar-refractivity contribution in [3.8, 4) is 11.3 Å². The van der Waals surface area contributed by atoms with Gasteiger partial charge in [-0.1, -0.05) is 37.1 Å². The Hall–Kier alpha value is -2.10. The lowest BCUT2D eigenvalue weighted by atomic mass is 9.68. The van der Waals surface area contributed by atoms with Crippen molar-refractivity contribution in [1.29, 1.82) is 0 Å². The van der Waals surface area contributed by atoms with Crippen molar-refractivity contribution >= 4 is 0 Å². The van der Waals surface area contributed by atoms with E-state index in [4.69, 9.17) is 0 Å². The van der Waals surface area contributed by atoms with Gasteiger partial charge in [-0.2, -0.15) is 0 Å². The van der Waals surface area contributed by atoms with Crippen LogP contribution in [-0.2, 0) is 11.8 Å². The molecule has 1 heterocycles. The minimum atomic E-state index is -0.418. The van der Waals surface area contributed by atoms with Crippen molar-refractivity contribution in [2.24, 2.45) is 0 Å². The molecule has 0 bridgehead atoms. The number of hydrogen-bond donors (Lipinski definition) is 2. The molecular weight excluding hydrogens is 252 g/mol. The highest BCUT2D eigenvalue weighted by Crippen LogP contribution is 2.49. The van der Waals surface area contributed by atoms with Gasteiger partial charge in [0.2, 0.25) is 0 Å². The van der Waals surface area contributed by atoms with E-state index >= 15 is 0 Å². The summed E-state index contributed by atoms with van der Waals surface area (Å²) in [6, 6.07) is 8.08.